The van der Waals surface area contributed by atoms with E-state index in [-0.39, 0.29) is 28.6 Å². The Hall–Kier alpha value is -1.62. The summed E-state index contributed by atoms with van der Waals surface area (Å²) in [6.45, 7) is 0.117. The third-order valence-corrected chi connectivity index (χ3v) is 5.37. The van der Waals surface area contributed by atoms with Crippen molar-refractivity contribution in [2.24, 2.45) is 5.92 Å². The van der Waals surface area contributed by atoms with Crippen molar-refractivity contribution in [2.75, 3.05) is 13.1 Å². The molecule has 1 unspecified atom stereocenters. The van der Waals surface area contributed by atoms with E-state index in [2.05, 4.69) is 0 Å². The Labute approximate surface area is 121 Å². The highest BCUT2D eigenvalue weighted by atomic mass is 35.5. The number of sulfonamides is 1. The molecule has 1 heterocycles. The van der Waals surface area contributed by atoms with Crippen LogP contribution in [0.25, 0.3) is 0 Å². The van der Waals surface area contributed by atoms with Crippen LogP contribution in [0.5, 0.6) is 0 Å². The third-order valence-electron chi connectivity index (χ3n) is 3.20. The molecule has 1 aromatic rings. The van der Waals surface area contributed by atoms with Gasteiger partial charge in [-0.2, -0.15) is 9.57 Å². The molecular formula is C12H11ClN2O4S. The van der Waals surface area contributed by atoms with Crippen LogP contribution in [0, 0.1) is 17.2 Å². The van der Waals surface area contributed by atoms with Gasteiger partial charge in [-0.3, -0.25) is 4.79 Å². The number of halogens is 1. The van der Waals surface area contributed by atoms with Gasteiger partial charge in [-0.1, -0.05) is 11.6 Å². The maximum absolute atomic E-state index is 12.3. The first-order valence-electron chi connectivity index (χ1n) is 5.79. The summed E-state index contributed by atoms with van der Waals surface area (Å²) in [6, 6.07) is 5.69. The highest BCUT2D eigenvalue weighted by Gasteiger charge is 2.35. The number of nitrogens with zero attached hydrogens (tertiary/aromatic N) is 2. The van der Waals surface area contributed by atoms with Gasteiger partial charge in [0, 0.05) is 13.1 Å². The molecule has 0 aliphatic carbocycles. The van der Waals surface area contributed by atoms with E-state index < -0.39 is 21.9 Å². The van der Waals surface area contributed by atoms with Crippen LogP contribution < -0.4 is 0 Å². The summed E-state index contributed by atoms with van der Waals surface area (Å²) in [5.41, 5.74) is 0.190. The van der Waals surface area contributed by atoms with Crippen molar-refractivity contribution in [3.8, 4) is 6.07 Å². The lowest BCUT2D eigenvalue weighted by atomic mass is 10.1. The molecule has 1 aliphatic heterocycles. The van der Waals surface area contributed by atoms with E-state index in [4.69, 9.17) is 22.0 Å². The minimum atomic E-state index is -3.78. The van der Waals surface area contributed by atoms with Gasteiger partial charge in [-0.05, 0) is 24.6 Å². The molecule has 2 rings (SSSR count). The normalized spacial score (nSPS) is 19.7. The van der Waals surface area contributed by atoms with Crippen molar-refractivity contribution in [1.29, 1.82) is 5.26 Å². The van der Waals surface area contributed by atoms with Crippen LogP contribution in [0.4, 0.5) is 0 Å². The van der Waals surface area contributed by atoms with E-state index in [0.29, 0.717) is 6.42 Å². The summed E-state index contributed by atoms with van der Waals surface area (Å²) in [5.74, 6) is -1.68. The SMILES string of the molecule is N#Cc1ccc(S(=O)(=O)N2CCC(C(=O)O)C2)cc1Cl. The number of hydrogen-bond donors (Lipinski definition) is 1. The molecule has 1 aromatic carbocycles. The molecule has 1 N–H and O–H groups in total. The molecule has 0 saturated carbocycles. The summed E-state index contributed by atoms with van der Waals surface area (Å²) in [6.07, 6.45) is 0.290. The zero-order chi connectivity index (χ0) is 14.9. The lowest BCUT2D eigenvalue weighted by Gasteiger charge is -2.16. The van der Waals surface area contributed by atoms with E-state index in [1.165, 1.54) is 18.2 Å². The van der Waals surface area contributed by atoms with Gasteiger partial charge < -0.3 is 5.11 Å². The number of carboxylic acid groups (broad SMARTS) is 1. The molecule has 0 aromatic heterocycles. The molecule has 0 spiro atoms. The smallest absolute Gasteiger partial charge is 0.307 e. The number of hydrogen-bond acceptors (Lipinski definition) is 4. The van der Waals surface area contributed by atoms with Crippen molar-refractivity contribution in [1.82, 2.24) is 4.31 Å². The molecule has 20 heavy (non-hydrogen) atoms. The average Bonchev–Trinajstić information content (AvgIpc) is 2.89. The lowest BCUT2D eigenvalue weighted by Crippen LogP contribution is -2.30. The molecule has 106 valence electrons. The van der Waals surface area contributed by atoms with Crippen LogP contribution in [-0.2, 0) is 14.8 Å². The molecule has 1 saturated heterocycles. The van der Waals surface area contributed by atoms with Crippen molar-refractivity contribution >= 4 is 27.6 Å². The molecule has 0 amide bonds. The molecule has 1 fully saturated rings. The zero-order valence-corrected chi connectivity index (χ0v) is 11.9. The Morgan fingerprint density at radius 3 is 2.70 bits per heavy atom. The van der Waals surface area contributed by atoms with Gasteiger partial charge in [0.05, 0.1) is 21.4 Å². The fourth-order valence-electron chi connectivity index (χ4n) is 2.04. The summed E-state index contributed by atoms with van der Waals surface area (Å²) < 4.78 is 25.8. The second kappa shape index (κ2) is 5.40. The average molecular weight is 315 g/mol. The quantitative estimate of drug-likeness (QED) is 0.906. The fraction of sp³-hybridized carbons (Fsp3) is 0.333. The molecular weight excluding hydrogens is 304 g/mol. The summed E-state index contributed by atoms with van der Waals surface area (Å²) in [5, 5.41) is 17.7. The van der Waals surface area contributed by atoms with Gasteiger partial charge in [-0.25, -0.2) is 8.42 Å². The first-order chi connectivity index (χ1) is 9.36. The van der Waals surface area contributed by atoms with Crippen LogP contribution >= 0.6 is 11.6 Å². The van der Waals surface area contributed by atoms with Crippen LogP contribution in [0.3, 0.4) is 0 Å². The van der Waals surface area contributed by atoms with Gasteiger partial charge in [0.2, 0.25) is 10.0 Å². The number of rotatable bonds is 3. The topological polar surface area (TPSA) is 98.5 Å². The predicted molar refractivity (Wildman–Crippen MR) is 70.7 cm³/mol. The lowest BCUT2D eigenvalue weighted by molar-refractivity contribution is -0.141. The second-order valence-corrected chi connectivity index (χ2v) is 6.79. The van der Waals surface area contributed by atoms with Crippen LogP contribution in [0.1, 0.15) is 12.0 Å². The van der Waals surface area contributed by atoms with Crippen molar-refractivity contribution in [3.05, 3.63) is 28.8 Å². The third kappa shape index (κ3) is 2.63. The molecule has 0 radical (unpaired) electrons. The van der Waals surface area contributed by atoms with E-state index in [1.807, 2.05) is 6.07 Å². The van der Waals surface area contributed by atoms with Gasteiger partial charge >= 0.3 is 5.97 Å². The second-order valence-electron chi connectivity index (χ2n) is 4.44. The monoisotopic (exact) mass is 314 g/mol. The van der Waals surface area contributed by atoms with Crippen LogP contribution in [0.2, 0.25) is 5.02 Å². The molecule has 1 atom stereocenters. The molecule has 6 nitrogen and oxygen atoms in total. The number of aliphatic carboxylic acids is 1. The van der Waals surface area contributed by atoms with Crippen molar-refractivity contribution in [2.45, 2.75) is 11.3 Å². The van der Waals surface area contributed by atoms with E-state index in [9.17, 15) is 13.2 Å². The molecule has 8 heteroatoms. The van der Waals surface area contributed by atoms with Crippen molar-refractivity contribution in [3.63, 3.8) is 0 Å². The van der Waals surface area contributed by atoms with Gasteiger partial charge in [0.15, 0.2) is 0 Å². The highest BCUT2D eigenvalue weighted by molar-refractivity contribution is 7.89. The van der Waals surface area contributed by atoms with E-state index in [1.54, 1.807) is 0 Å². The number of benzene rings is 1. The maximum atomic E-state index is 12.3. The summed E-state index contributed by atoms with van der Waals surface area (Å²) >= 11 is 5.82. The zero-order valence-electron chi connectivity index (χ0n) is 10.3. The predicted octanol–water partition coefficient (Wildman–Crippen LogP) is 1.31. The fourth-order valence-corrected chi connectivity index (χ4v) is 3.86. The van der Waals surface area contributed by atoms with Gasteiger partial charge in [0.1, 0.15) is 6.07 Å². The minimum absolute atomic E-state index is 0.0347. The van der Waals surface area contributed by atoms with Crippen molar-refractivity contribution < 1.29 is 18.3 Å². The Morgan fingerprint density at radius 2 is 2.20 bits per heavy atom. The van der Waals surface area contributed by atoms with Gasteiger partial charge in [-0.15, -0.1) is 0 Å². The Bertz CT molecular complexity index is 696. The number of carbonyl (C=O) groups is 1. The highest BCUT2D eigenvalue weighted by Crippen LogP contribution is 2.27. The Kier molecular flexibility index (Phi) is 3.99. The maximum Gasteiger partial charge on any atom is 0.307 e. The van der Waals surface area contributed by atoms with Crippen LogP contribution in [0.15, 0.2) is 23.1 Å². The van der Waals surface area contributed by atoms with E-state index >= 15 is 0 Å². The first-order valence-corrected chi connectivity index (χ1v) is 7.60. The number of carboxylic acids is 1. The number of nitriles is 1. The molecule has 0 bridgehead atoms. The van der Waals surface area contributed by atoms with E-state index in [0.717, 1.165) is 4.31 Å². The Balaban J connectivity index is 2.30. The first kappa shape index (κ1) is 14.8. The summed E-state index contributed by atoms with van der Waals surface area (Å²) in [7, 11) is -3.78. The molecule has 1 aliphatic rings. The van der Waals surface area contributed by atoms with Crippen LogP contribution in [-0.4, -0.2) is 36.9 Å². The standard InChI is InChI=1S/C12H11ClN2O4S/c13-11-5-10(2-1-8(11)6-14)20(18,19)15-4-3-9(7-15)12(16)17/h1-2,5,9H,3-4,7H2,(H,16,17). The Morgan fingerprint density at radius 1 is 1.50 bits per heavy atom. The van der Waals surface area contributed by atoms with Gasteiger partial charge in [0.25, 0.3) is 0 Å². The minimum Gasteiger partial charge on any atom is -0.481 e. The summed E-state index contributed by atoms with van der Waals surface area (Å²) in [4.78, 5) is 10.8. The largest absolute Gasteiger partial charge is 0.481 e.